The number of rotatable bonds is 5. The fourth-order valence-corrected chi connectivity index (χ4v) is 4.17. The average Bonchev–Trinajstić information content (AvgIpc) is 3.17. The van der Waals surface area contributed by atoms with Crippen LogP contribution in [0.2, 0.25) is 0 Å². The van der Waals surface area contributed by atoms with Crippen LogP contribution in [0.5, 0.6) is 0 Å². The summed E-state index contributed by atoms with van der Waals surface area (Å²) in [7, 11) is 0. The van der Waals surface area contributed by atoms with E-state index in [-0.39, 0.29) is 5.91 Å². The normalized spacial score (nSPS) is 11.4. The Balaban J connectivity index is 1.45. The second kappa shape index (κ2) is 8.52. The topological polar surface area (TPSA) is 46.4 Å². The number of aromatic nitrogens is 1. The summed E-state index contributed by atoms with van der Waals surface area (Å²) in [6.07, 6.45) is 3.81. The van der Waals surface area contributed by atoms with Crippen molar-refractivity contribution < 1.29 is 4.79 Å². The Hall–Kier alpha value is -4.18. The van der Waals surface area contributed by atoms with Crippen LogP contribution in [0.15, 0.2) is 102 Å². The van der Waals surface area contributed by atoms with Crippen LogP contribution in [0.3, 0.4) is 0 Å². The van der Waals surface area contributed by atoms with Gasteiger partial charge in [0.15, 0.2) is 0 Å². The Morgan fingerprint density at radius 1 is 0.875 bits per heavy atom. The lowest BCUT2D eigenvalue weighted by Gasteiger charge is -2.09. The van der Waals surface area contributed by atoms with Crippen molar-refractivity contribution in [1.29, 1.82) is 0 Å². The Bertz CT molecular complexity index is 1460. The van der Waals surface area contributed by atoms with Crippen LogP contribution in [0, 0.1) is 6.92 Å². The third-order valence-corrected chi connectivity index (χ3v) is 5.80. The maximum Gasteiger partial charge on any atom is 0.271 e. The van der Waals surface area contributed by atoms with E-state index in [1.54, 1.807) is 12.3 Å². The number of nitrogens with one attached hydrogen (secondary N) is 1. The molecule has 1 aromatic heterocycles. The standard InChI is InChI=1S/C28H23N3O/c1-20-9-2-4-13-24(20)28(32)30-29-17-23-19-31(27-16-7-6-15-26(23)27)18-22-12-8-11-21-10-3-5-14-25(21)22/h2-17,19H,18H2,1H3,(H,30,32)/b29-17+. The fraction of sp³-hybridized carbons (Fsp3) is 0.0714. The maximum atomic E-state index is 12.5. The summed E-state index contributed by atoms with van der Waals surface area (Å²) in [5.41, 5.74) is 7.57. The van der Waals surface area contributed by atoms with Crippen LogP contribution >= 0.6 is 0 Å². The maximum absolute atomic E-state index is 12.5. The molecule has 5 aromatic rings. The average molecular weight is 418 g/mol. The number of aryl methyl sites for hydroxylation is 1. The van der Waals surface area contributed by atoms with Crippen LogP contribution in [-0.2, 0) is 6.54 Å². The highest BCUT2D eigenvalue weighted by molar-refractivity contribution is 6.01. The second-order valence-corrected chi connectivity index (χ2v) is 7.88. The molecule has 0 aliphatic heterocycles. The van der Waals surface area contributed by atoms with Crippen molar-refractivity contribution in [2.75, 3.05) is 0 Å². The minimum Gasteiger partial charge on any atom is -0.342 e. The molecule has 1 N–H and O–H groups in total. The van der Waals surface area contributed by atoms with Crippen LogP contribution in [0.4, 0.5) is 0 Å². The number of para-hydroxylation sites is 1. The van der Waals surface area contributed by atoms with Gasteiger partial charge in [-0.1, -0.05) is 78.9 Å². The molecular formula is C28H23N3O. The predicted molar refractivity (Wildman–Crippen MR) is 131 cm³/mol. The lowest BCUT2D eigenvalue weighted by Crippen LogP contribution is -2.18. The van der Waals surface area contributed by atoms with Gasteiger partial charge in [0.05, 0.1) is 6.21 Å². The molecule has 0 aliphatic carbocycles. The molecule has 0 saturated heterocycles. The SMILES string of the molecule is Cc1ccccc1C(=O)N/N=C/c1cn(Cc2cccc3ccccc23)c2ccccc12. The van der Waals surface area contributed by atoms with Gasteiger partial charge in [-0.2, -0.15) is 5.10 Å². The molecule has 1 heterocycles. The number of hydrogen-bond acceptors (Lipinski definition) is 2. The molecule has 0 radical (unpaired) electrons. The molecule has 32 heavy (non-hydrogen) atoms. The van der Waals surface area contributed by atoms with Crippen molar-refractivity contribution in [2.24, 2.45) is 5.10 Å². The van der Waals surface area contributed by atoms with Crippen molar-refractivity contribution in [3.8, 4) is 0 Å². The molecule has 156 valence electrons. The largest absolute Gasteiger partial charge is 0.342 e. The van der Waals surface area contributed by atoms with Gasteiger partial charge in [-0.25, -0.2) is 5.43 Å². The number of fused-ring (bicyclic) bond motifs is 2. The van der Waals surface area contributed by atoms with Crippen molar-refractivity contribution in [2.45, 2.75) is 13.5 Å². The molecule has 0 saturated carbocycles. The molecule has 1 amide bonds. The van der Waals surface area contributed by atoms with Crippen LogP contribution in [-0.4, -0.2) is 16.7 Å². The first kappa shape index (κ1) is 19.8. The molecule has 0 unspecified atom stereocenters. The van der Waals surface area contributed by atoms with E-state index in [9.17, 15) is 4.79 Å². The molecule has 0 bridgehead atoms. The number of carbonyl (C=O) groups excluding carboxylic acids is 1. The molecule has 0 atom stereocenters. The summed E-state index contributed by atoms with van der Waals surface area (Å²) >= 11 is 0. The van der Waals surface area contributed by atoms with E-state index in [0.717, 1.165) is 28.6 Å². The Kier molecular flexibility index (Phi) is 5.26. The monoisotopic (exact) mass is 417 g/mol. The highest BCUT2D eigenvalue weighted by Crippen LogP contribution is 2.24. The Morgan fingerprint density at radius 2 is 1.59 bits per heavy atom. The number of hydrazone groups is 1. The number of hydrogen-bond donors (Lipinski definition) is 1. The molecule has 5 rings (SSSR count). The van der Waals surface area contributed by atoms with Gasteiger partial charge < -0.3 is 4.57 Å². The van der Waals surface area contributed by atoms with Gasteiger partial charge in [0, 0.05) is 34.8 Å². The first-order chi connectivity index (χ1) is 15.7. The summed E-state index contributed by atoms with van der Waals surface area (Å²) in [6, 6.07) is 30.6. The van der Waals surface area contributed by atoms with Gasteiger partial charge >= 0.3 is 0 Å². The first-order valence-corrected chi connectivity index (χ1v) is 10.6. The van der Waals surface area contributed by atoms with E-state index in [1.165, 1.54) is 16.3 Å². The summed E-state index contributed by atoms with van der Waals surface area (Å²) in [5, 5.41) is 7.84. The predicted octanol–water partition coefficient (Wildman–Crippen LogP) is 5.92. The smallest absolute Gasteiger partial charge is 0.271 e. The first-order valence-electron chi connectivity index (χ1n) is 10.6. The lowest BCUT2D eigenvalue weighted by molar-refractivity contribution is 0.0954. The molecule has 4 heteroatoms. The van der Waals surface area contributed by atoms with E-state index in [2.05, 4.69) is 75.9 Å². The quantitative estimate of drug-likeness (QED) is 0.280. The van der Waals surface area contributed by atoms with Crippen molar-refractivity contribution >= 4 is 33.8 Å². The summed E-state index contributed by atoms with van der Waals surface area (Å²) in [4.78, 5) is 12.5. The van der Waals surface area contributed by atoms with E-state index in [4.69, 9.17) is 0 Å². The van der Waals surface area contributed by atoms with Crippen molar-refractivity contribution in [3.63, 3.8) is 0 Å². The zero-order chi connectivity index (χ0) is 21.9. The number of benzene rings is 4. The highest BCUT2D eigenvalue weighted by Gasteiger charge is 2.10. The van der Waals surface area contributed by atoms with Gasteiger partial charge in [-0.15, -0.1) is 0 Å². The van der Waals surface area contributed by atoms with Crippen LogP contribution in [0.25, 0.3) is 21.7 Å². The Labute approximate surface area is 186 Å². The highest BCUT2D eigenvalue weighted by atomic mass is 16.2. The van der Waals surface area contributed by atoms with Crippen LogP contribution < -0.4 is 5.43 Å². The van der Waals surface area contributed by atoms with E-state index >= 15 is 0 Å². The van der Waals surface area contributed by atoms with Gasteiger partial charge in [0.1, 0.15) is 0 Å². The van der Waals surface area contributed by atoms with E-state index in [0.29, 0.717) is 5.56 Å². The zero-order valence-corrected chi connectivity index (χ0v) is 17.8. The Morgan fingerprint density at radius 3 is 2.47 bits per heavy atom. The lowest BCUT2D eigenvalue weighted by atomic mass is 10.0. The molecule has 0 spiro atoms. The molecular weight excluding hydrogens is 394 g/mol. The van der Waals surface area contributed by atoms with E-state index in [1.807, 2.05) is 37.3 Å². The summed E-state index contributed by atoms with van der Waals surface area (Å²) in [5.74, 6) is -0.209. The molecule has 0 fully saturated rings. The van der Waals surface area contributed by atoms with Gasteiger partial charge in [-0.3, -0.25) is 4.79 Å². The van der Waals surface area contributed by atoms with Crippen LogP contribution in [0.1, 0.15) is 27.0 Å². The van der Waals surface area contributed by atoms with Crippen molar-refractivity contribution in [3.05, 3.63) is 119 Å². The fourth-order valence-electron chi connectivity index (χ4n) is 4.17. The van der Waals surface area contributed by atoms with E-state index < -0.39 is 0 Å². The summed E-state index contributed by atoms with van der Waals surface area (Å²) < 4.78 is 2.24. The van der Waals surface area contributed by atoms with Crippen molar-refractivity contribution in [1.82, 2.24) is 9.99 Å². The molecule has 4 aromatic carbocycles. The number of amides is 1. The van der Waals surface area contributed by atoms with Gasteiger partial charge in [0.25, 0.3) is 5.91 Å². The van der Waals surface area contributed by atoms with Gasteiger partial charge in [0.2, 0.25) is 0 Å². The second-order valence-electron chi connectivity index (χ2n) is 7.88. The summed E-state index contributed by atoms with van der Waals surface area (Å²) in [6.45, 7) is 2.67. The minimum absolute atomic E-state index is 0.209. The zero-order valence-electron chi connectivity index (χ0n) is 17.8. The molecule has 0 aliphatic rings. The third-order valence-electron chi connectivity index (χ3n) is 5.80. The minimum atomic E-state index is -0.209. The number of carbonyl (C=O) groups is 1. The number of nitrogens with zero attached hydrogens (tertiary/aromatic N) is 2. The third kappa shape index (κ3) is 3.79. The van der Waals surface area contributed by atoms with Gasteiger partial charge in [-0.05, 0) is 41.0 Å². The molecule has 4 nitrogen and oxygen atoms in total.